The van der Waals surface area contributed by atoms with E-state index in [9.17, 15) is 4.79 Å². The summed E-state index contributed by atoms with van der Waals surface area (Å²) in [6, 6.07) is 13.9. The highest BCUT2D eigenvalue weighted by Crippen LogP contribution is 2.25. The van der Waals surface area contributed by atoms with Crippen LogP contribution >= 0.6 is 15.9 Å². The quantitative estimate of drug-likeness (QED) is 0.907. The zero-order valence-corrected chi connectivity index (χ0v) is 11.0. The van der Waals surface area contributed by atoms with Crippen LogP contribution in [0, 0.1) is 0 Å². The molecule has 2 rings (SSSR count). The first kappa shape index (κ1) is 12.4. The van der Waals surface area contributed by atoms with Crippen molar-refractivity contribution in [3.63, 3.8) is 0 Å². The van der Waals surface area contributed by atoms with Crippen LogP contribution in [0.15, 0.2) is 53.0 Å². The number of amides is 2. The summed E-state index contributed by atoms with van der Waals surface area (Å²) in [6.07, 6.45) is 0. The van der Waals surface area contributed by atoms with Crippen LogP contribution in [-0.4, -0.2) is 6.03 Å². The minimum absolute atomic E-state index is 0.587. The fourth-order valence-corrected chi connectivity index (χ4v) is 1.79. The van der Waals surface area contributed by atoms with Gasteiger partial charge in [0.05, 0.1) is 0 Å². The monoisotopic (exact) mass is 306 g/mol. The Balaban J connectivity index is 2.08. The van der Waals surface area contributed by atoms with Crippen LogP contribution in [0.3, 0.4) is 0 Å². The van der Waals surface area contributed by atoms with Crippen molar-refractivity contribution in [3.8, 4) is 11.5 Å². The predicted octanol–water partition coefficient (Wildman–Crippen LogP) is 3.73. The number of anilines is 1. The van der Waals surface area contributed by atoms with Crippen LogP contribution in [0.4, 0.5) is 10.5 Å². The fourth-order valence-electron chi connectivity index (χ4n) is 1.42. The molecule has 2 amide bonds. The SMILES string of the molecule is NC(=O)Nc1ccc(Oc2cccc(Br)c2)cc1. The van der Waals surface area contributed by atoms with Crippen LogP contribution in [-0.2, 0) is 0 Å². The van der Waals surface area contributed by atoms with Crippen molar-refractivity contribution >= 4 is 27.6 Å². The smallest absolute Gasteiger partial charge is 0.316 e. The molecule has 0 fully saturated rings. The zero-order chi connectivity index (χ0) is 13.0. The van der Waals surface area contributed by atoms with E-state index in [1.807, 2.05) is 24.3 Å². The highest BCUT2D eigenvalue weighted by Gasteiger charge is 1.99. The third-order valence-electron chi connectivity index (χ3n) is 2.15. The van der Waals surface area contributed by atoms with Gasteiger partial charge in [0.1, 0.15) is 11.5 Å². The second kappa shape index (κ2) is 5.55. The van der Waals surface area contributed by atoms with Crippen molar-refractivity contribution in [1.29, 1.82) is 0 Å². The van der Waals surface area contributed by atoms with Crippen LogP contribution in [0.25, 0.3) is 0 Å². The van der Waals surface area contributed by atoms with E-state index in [0.29, 0.717) is 11.4 Å². The molecule has 5 heteroatoms. The molecule has 0 aliphatic carbocycles. The number of nitrogens with two attached hydrogens (primary N) is 1. The molecule has 2 aromatic rings. The topological polar surface area (TPSA) is 64.4 Å². The Kier molecular flexibility index (Phi) is 3.84. The van der Waals surface area contributed by atoms with Crippen LogP contribution < -0.4 is 15.8 Å². The van der Waals surface area contributed by atoms with Gasteiger partial charge >= 0.3 is 6.03 Å². The molecular weight excluding hydrogens is 296 g/mol. The van der Waals surface area contributed by atoms with Gasteiger partial charge in [0.25, 0.3) is 0 Å². The zero-order valence-electron chi connectivity index (χ0n) is 9.39. The Hall–Kier alpha value is -2.01. The molecule has 2 aromatic carbocycles. The van der Waals surface area contributed by atoms with Crippen molar-refractivity contribution in [2.45, 2.75) is 0 Å². The third kappa shape index (κ3) is 3.49. The van der Waals surface area contributed by atoms with Crippen LogP contribution in [0.5, 0.6) is 11.5 Å². The fraction of sp³-hybridized carbons (Fsp3) is 0. The van der Waals surface area contributed by atoms with Crippen molar-refractivity contribution in [1.82, 2.24) is 0 Å². The third-order valence-corrected chi connectivity index (χ3v) is 2.65. The molecule has 0 saturated heterocycles. The lowest BCUT2D eigenvalue weighted by atomic mass is 10.3. The lowest BCUT2D eigenvalue weighted by Gasteiger charge is -2.07. The number of halogens is 1. The van der Waals surface area contributed by atoms with Crippen molar-refractivity contribution in [2.24, 2.45) is 5.73 Å². The van der Waals surface area contributed by atoms with Gasteiger partial charge in [0, 0.05) is 10.2 Å². The standard InChI is InChI=1S/C13H11BrN2O2/c14-9-2-1-3-12(8-9)18-11-6-4-10(5-7-11)16-13(15)17/h1-8H,(H3,15,16,17). The van der Waals surface area contributed by atoms with E-state index in [-0.39, 0.29) is 0 Å². The summed E-state index contributed by atoms with van der Waals surface area (Å²) >= 11 is 3.37. The molecule has 0 spiro atoms. The highest BCUT2D eigenvalue weighted by molar-refractivity contribution is 9.10. The summed E-state index contributed by atoms with van der Waals surface area (Å²) in [5.41, 5.74) is 5.65. The molecule has 3 N–H and O–H groups in total. The molecule has 92 valence electrons. The molecular formula is C13H11BrN2O2. The Bertz CT molecular complexity index is 555. The number of hydrogen-bond donors (Lipinski definition) is 2. The van der Waals surface area contributed by atoms with Crippen LogP contribution in [0.1, 0.15) is 0 Å². The minimum atomic E-state index is -0.587. The maximum atomic E-state index is 10.7. The van der Waals surface area contributed by atoms with E-state index in [0.717, 1.165) is 10.2 Å². The van der Waals surface area contributed by atoms with Gasteiger partial charge in [-0.3, -0.25) is 0 Å². The molecule has 0 heterocycles. The van der Waals surface area contributed by atoms with E-state index >= 15 is 0 Å². The Morgan fingerprint density at radius 2 is 1.83 bits per heavy atom. The van der Waals surface area contributed by atoms with E-state index in [1.54, 1.807) is 24.3 Å². The lowest BCUT2D eigenvalue weighted by Crippen LogP contribution is -2.19. The second-order valence-corrected chi connectivity index (χ2v) is 4.49. The predicted molar refractivity (Wildman–Crippen MR) is 73.9 cm³/mol. The molecule has 0 saturated carbocycles. The molecule has 0 radical (unpaired) electrons. The number of ether oxygens (including phenoxy) is 1. The number of carbonyl (C=O) groups is 1. The van der Waals surface area contributed by atoms with E-state index < -0.39 is 6.03 Å². The van der Waals surface area contributed by atoms with Crippen molar-refractivity contribution in [2.75, 3.05) is 5.32 Å². The highest BCUT2D eigenvalue weighted by atomic mass is 79.9. The van der Waals surface area contributed by atoms with E-state index in [1.165, 1.54) is 0 Å². The number of carbonyl (C=O) groups excluding carboxylic acids is 1. The van der Waals surface area contributed by atoms with E-state index in [4.69, 9.17) is 10.5 Å². The maximum absolute atomic E-state index is 10.7. The molecule has 18 heavy (non-hydrogen) atoms. The molecule has 0 aliphatic rings. The molecule has 0 bridgehead atoms. The van der Waals surface area contributed by atoms with Gasteiger partial charge in [-0.15, -0.1) is 0 Å². The second-order valence-electron chi connectivity index (χ2n) is 3.57. The average molecular weight is 307 g/mol. The first-order chi connectivity index (χ1) is 8.63. The molecule has 0 atom stereocenters. The number of nitrogens with one attached hydrogen (secondary N) is 1. The van der Waals surface area contributed by atoms with Crippen molar-refractivity contribution in [3.05, 3.63) is 53.0 Å². The first-order valence-electron chi connectivity index (χ1n) is 5.23. The molecule has 0 unspecified atom stereocenters. The number of urea groups is 1. The Labute approximate surface area is 113 Å². The van der Waals surface area contributed by atoms with Gasteiger partial charge in [-0.2, -0.15) is 0 Å². The normalized spacial score (nSPS) is 9.83. The maximum Gasteiger partial charge on any atom is 0.316 e. The summed E-state index contributed by atoms with van der Waals surface area (Å²) in [5, 5.41) is 2.48. The largest absolute Gasteiger partial charge is 0.457 e. The van der Waals surface area contributed by atoms with Gasteiger partial charge in [0.15, 0.2) is 0 Å². The number of rotatable bonds is 3. The summed E-state index contributed by atoms with van der Waals surface area (Å²) in [7, 11) is 0. The number of hydrogen-bond acceptors (Lipinski definition) is 2. The van der Waals surface area contributed by atoms with Crippen molar-refractivity contribution < 1.29 is 9.53 Å². The van der Waals surface area contributed by atoms with Gasteiger partial charge in [-0.25, -0.2) is 4.79 Å². The minimum Gasteiger partial charge on any atom is -0.457 e. The number of benzene rings is 2. The summed E-state index contributed by atoms with van der Waals surface area (Å²) in [4.78, 5) is 10.7. The summed E-state index contributed by atoms with van der Waals surface area (Å²) in [6.45, 7) is 0. The summed E-state index contributed by atoms with van der Waals surface area (Å²) < 4.78 is 6.60. The Morgan fingerprint density at radius 3 is 2.44 bits per heavy atom. The Morgan fingerprint density at radius 1 is 1.11 bits per heavy atom. The lowest BCUT2D eigenvalue weighted by molar-refractivity contribution is 0.259. The molecule has 0 aromatic heterocycles. The average Bonchev–Trinajstić information content (AvgIpc) is 2.31. The number of primary amides is 1. The molecule has 4 nitrogen and oxygen atoms in total. The van der Waals surface area contributed by atoms with Crippen LogP contribution in [0.2, 0.25) is 0 Å². The van der Waals surface area contributed by atoms with Gasteiger partial charge in [0.2, 0.25) is 0 Å². The van der Waals surface area contributed by atoms with E-state index in [2.05, 4.69) is 21.2 Å². The first-order valence-corrected chi connectivity index (χ1v) is 6.03. The summed E-state index contributed by atoms with van der Waals surface area (Å²) in [5.74, 6) is 1.42. The molecule has 0 aliphatic heterocycles. The van der Waals surface area contributed by atoms with Gasteiger partial charge < -0.3 is 15.8 Å². The van der Waals surface area contributed by atoms with Gasteiger partial charge in [-0.05, 0) is 42.5 Å². The van der Waals surface area contributed by atoms with Gasteiger partial charge in [-0.1, -0.05) is 22.0 Å².